The van der Waals surface area contributed by atoms with Gasteiger partial charge in [-0.2, -0.15) is 0 Å². The summed E-state index contributed by atoms with van der Waals surface area (Å²) in [6, 6.07) is 6.91. The molecule has 0 saturated carbocycles. The molecule has 0 spiro atoms. The SMILES string of the molecule is C=C(C)c1ccc2c(c1)C(C)(C)CCC2(C)C.CC. The lowest BCUT2D eigenvalue weighted by atomic mass is 9.63. The van der Waals surface area contributed by atoms with Gasteiger partial charge in [-0.3, -0.25) is 0 Å². The monoisotopic (exact) mass is 258 g/mol. The summed E-state index contributed by atoms with van der Waals surface area (Å²) >= 11 is 0. The molecule has 1 aliphatic rings. The minimum Gasteiger partial charge on any atom is -0.0955 e. The normalized spacial score (nSPS) is 18.9. The fraction of sp³-hybridized carbons (Fsp3) is 0.579. The first-order chi connectivity index (χ1) is 8.74. The first kappa shape index (κ1) is 16.0. The van der Waals surface area contributed by atoms with Crippen molar-refractivity contribution in [2.24, 2.45) is 0 Å². The Morgan fingerprint density at radius 2 is 1.42 bits per heavy atom. The van der Waals surface area contributed by atoms with Gasteiger partial charge in [-0.25, -0.2) is 0 Å². The van der Waals surface area contributed by atoms with Crippen molar-refractivity contribution in [1.29, 1.82) is 0 Å². The van der Waals surface area contributed by atoms with Gasteiger partial charge in [-0.15, -0.1) is 0 Å². The van der Waals surface area contributed by atoms with Crippen LogP contribution in [0.15, 0.2) is 24.8 Å². The Bertz CT molecular complexity index is 461. The Kier molecular flexibility index (Phi) is 4.66. The van der Waals surface area contributed by atoms with E-state index in [1.165, 1.54) is 29.5 Å². The van der Waals surface area contributed by atoms with E-state index >= 15 is 0 Å². The Hall–Kier alpha value is -1.04. The molecular formula is C19H30. The summed E-state index contributed by atoms with van der Waals surface area (Å²) in [5, 5.41) is 0. The quantitative estimate of drug-likeness (QED) is 0.571. The third kappa shape index (κ3) is 3.11. The Labute approximate surface area is 119 Å². The largest absolute Gasteiger partial charge is 0.0955 e. The van der Waals surface area contributed by atoms with E-state index in [0.29, 0.717) is 10.8 Å². The molecule has 1 aromatic rings. The van der Waals surface area contributed by atoms with Crippen LogP contribution >= 0.6 is 0 Å². The molecule has 0 amide bonds. The maximum Gasteiger partial charge on any atom is -0.0100 e. The number of hydrogen-bond acceptors (Lipinski definition) is 0. The molecule has 0 saturated heterocycles. The molecule has 0 aromatic heterocycles. The molecule has 0 aliphatic heterocycles. The molecule has 0 N–H and O–H groups in total. The molecule has 106 valence electrons. The van der Waals surface area contributed by atoms with E-state index < -0.39 is 0 Å². The average Bonchev–Trinajstić information content (AvgIpc) is 2.37. The number of allylic oxidation sites excluding steroid dienone is 1. The first-order valence-corrected chi connectivity index (χ1v) is 7.55. The second kappa shape index (κ2) is 5.53. The van der Waals surface area contributed by atoms with E-state index in [1.807, 2.05) is 13.8 Å². The molecular weight excluding hydrogens is 228 g/mol. The smallest absolute Gasteiger partial charge is 0.0100 e. The lowest BCUT2D eigenvalue weighted by Crippen LogP contribution is -2.33. The van der Waals surface area contributed by atoms with Crippen LogP contribution in [0.1, 0.15) is 78.0 Å². The molecule has 2 rings (SSSR count). The zero-order valence-corrected chi connectivity index (χ0v) is 13.9. The van der Waals surface area contributed by atoms with E-state index in [2.05, 4.69) is 59.4 Å². The Balaban J connectivity index is 0.000000861. The highest BCUT2D eigenvalue weighted by atomic mass is 14.4. The summed E-state index contributed by atoms with van der Waals surface area (Å²) < 4.78 is 0. The van der Waals surface area contributed by atoms with Crippen LogP contribution in [0.5, 0.6) is 0 Å². The van der Waals surface area contributed by atoms with Gasteiger partial charge >= 0.3 is 0 Å². The Morgan fingerprint density at radius 1 is 0.947 bits per heavy atom. The minimum atomic E-state index is 0.302. The molecule has 0 nitrogen and oxygen atoms in total. The summed E-state index contributed by atoms with van der Waals surface area (Å²) in [6.07, 6.45) is 2.55. The lowest BCUT2D eigenvalue weighted by Gasteiger charge is -2.42. The fourth-order valence-electron chi connectivity index (χ4n) is 2.85. The molecule has 0 atom stereocenters. The van der Waals surface area contributed by atoms with Crippen molar-refractivity contribution in [3.8, 4) is 0 Å². The summed E-state index contributed by atoms with van der Waals surface area (Å²) in [5.74, 6) is 0. The molecule has 0 heterocycles. The van der Waals surface area contributed by atoms with Crippen molar-refractivity contribution in [2.75, 3.05) is 0 Å². The summed E-state index contributed by atoms with van der Waals surface area (Å²) in [4.78, 5) is 0. The molecule has 0 heteroatoms. The fourth-order valence-corrected chi connectivity index (χ4v) is 2.85. The zero-order valence-electron chi connectivity index (χ0n) is 13.9. The number of rotatable bonds is 1. The third-order valence-corrected chi connectivity index (χ3v) is 4.35. The van der Waals surface area contributed by atoms with E-state index in [1.54, 1.807) is 0 Å². The van der Waals surface area contributed by atoms with Crippen LogP contribution < -0.4 is 0 Å². The van der Waals surface area contributed by atoms with Gasteiger partial charge in [0.2, 0.25) is 0 Å². The maximum atomic E-state index is 4.06. The number of hydrogen-bond donors (Lipinski definition) is 0. The van der Waals surface area contributed by atoms with Gasteiger partial charge in [0.1, 0.15) is 0 Å². The minimum absolute atomic E-state index is 0.302. The highest BCUT2D eigenvalue weighted by molar-refractivity contribution is 5.63. The molecule has 0 fully saturated rings. The molecule has 0 bridgehead atoms. The van der Waals surface area contributed by atoms with Crippen molar-refractivity contribution < 1.29 is 0 Å². The van der Waals surface area contributed by atoms with Crippen molar-refractivity contribution in [2.45, 2.75) is 72.1 Å². The average molecular weight is 258 g/mol. The van der Waals surface area contributed by atoms with E-state index in [-0.39, 0.29) is 0 Å². The Morgan fingerprint density at radius 3 is 1.89 bits per heavy atom. The maximum absolute atomic E-state index is 4.06. The highest BCUT2D eigenvalue weighted by Gasteiger charge is 2.36. The number of fused-ring (bicyclic) bond motifs is 1. The van der Waals surface area contributed by atoms with Gasteiger partial charge in [0.15, 0.2) is 0 Å². The van der Waals surface area contributed by atoms with Crippen molar-refractivity contribution in [3.63, 3.8) is 0 Å². The molecule has 19 heavy (non-hydrogen) atoms. The first-order valence-electron chi connectivity index (χ1n) is 7.55. The summed E-state index contributed by atoms with van der Waals surface area (Å²) in [5.41, 5.74) is 6.11. The van der Waals surface area contributed by atoms with Crippen molar-refractivity contribution >= 4 is 5.57 Å². The van der Waals surface area contributed by atoms with Crippen molar-refractivity contribution in [1.82, 2.24) is 0 Å². The number of benzene rings is 1. The van der Waals surface area contributed by atoms with E-state index in [0.717, 1.165) is 5.57 Å². The highest BCUT2D eigenvalue weighted by Crippen LogP contribution is 2.46. The summed E-state index contributed by atoms with van der Waals surface area (Å²) in [6.45, 7) is 19.6. The second-order valence-corrected chi connectivity index (χ2v) is 6.81. The van der Waals surface area contributed by atoms with E-state index in [9.17, 15) is 0 Å². The van der Waals surface area contributed by atoms with Crippen LogP contribution in [0.2, 0.25) is 0 Å². The van der Waals surface area contributed by atoms with Crippen LogP contribution in [-0.4, -0.2) is 0 Å². The zero-order chi connectivity index (χ0) is 14.8. The predicted octanol–water partition coefficient (Wildman–Crippen LogP) is 6.09. The van der Waals surface area contributed by atoms with Crippen LogP contribution in [0.3, 0.4) is 0 Å². The summed E-state index contributed by atoms with van der Waals surface area (Å²) in [7, 11) is 0. The van der Waals surface area contributed by atoms with E-state index in [4.69, 9.17) is 0 Å². The van der Waals surface area contributed by atoms with Gasteiger partial charge < -0.3 is 0 Å². The molecule has 0 radical (unpaired) electrons. The topological polar surface area (TPSA) is 0 Å². The molecule has 1 aliphatic carbocycles. The van der Waals surface area contributed by atoms with Gasteiger partial charge in [0, 0.05) is 0 Å². The molecule has 1 aromatic carbocycles. The van der Waals surface area contributed by atoms with Crippen LogP contribution in [0.4, 0.5) is 0 Å². The van der Waals surface area contributed by atoms with Crippen LogP contribution in [-0.2, 0) is 10.8 Å². The van der Waals surface area contributed by atoms with Crippen LogP contribution in [0, 0.1) is 0 Å². The van der Waals surface area contributed by atoms with Gasteiger partial charge in [-0.1, -0.05) is 71.9 Å². The van der Waals surface area contributed by atoms with Gasteiger partial charge in [0.25, 0.3) is 0 Å². The van der Waals surface area contributed by atoms with Gasteiger partial charge in [0.05, 0.1) is 0 Å². The van der Waals surface area contributed by atoms with Crippen molar-refractivity contribution in [3.05, 3.63) is 41.5 Å². The van der Waals surface area contributed by atoms with Gasteiger partial charge in [-0.05, 0) is 47.3 Å². The third-order valence-electron chi connectivity index (χ3n) is 4.35. The standard InChI is InChI=1S/C17H24.C2H6/c1-12(2)13-7-8-14-15(11-13)17(5,6)10-9-16(14,3)4;1-2/h7-8,11H,1,9-10H2,2-6H3;1-2H3. The predicted molar refractivity (Wildman–Crippen MR) is 87.8 cm³/mol. The van der Waals surface area contributed by atoms with Crippen LogP contribution in [0.25, 0.3) is 5.57 Å². The lowest BCUT2D eigenvalue weighted by molar-refractivity contribution is 0.332. The second-order valence-electron chi connectivity index (χ2n) is 6.81. The molecule has 0 unspecified atom stereocenters.